The Bertz CT molecular complexity index is 352. The zero-order valence-electron chi connectivity index (χ0n) is 10.9. The zero-order valence-corrected chi connectivity index (χ0v) is 10.9. The summed E-state index contributed by atoms with van der Waals surface area (Å²) in [7, 11) is 0. The van der Waals surface area contributed by atoms with Gasteiger partial charge in [0.15, 0.2) is 5.41 Å². The van der Waals surface area contributed by atoms with Crippen molar-refractivity contribution in [1.82, 2.24) is 16.0 Å². The SMILES string of the molecule is CCNC(=O)C(C)NC(=O)C1(C(F)(F)F)CCNC1. The van der Waals surface area contributed by atoms with Gasteiger partial charge in [-0.1, -0.05) is 0 Å². The molecule has 0 bridgehead atoms. The zero-order chi connectivity index (χ0) is 14.7. The predicted molar refractivity (Wildman–Crippen MR) is 62.3 cm³/mol. The smallest absolute Gasteiger partial charge is 0.355 e. The number of amides is 2. The maximum atomic E-state index is 13.1. The Morgan fingerprint density at radius 1 is 1.42 bits per heavy atom. The van der Waals surface area contributed by atoms with Crippen LogP contribution in [0.15, 0.2) is 0 Å². The highest BCUT2D eigenvalue weighted by Gasteiger charge is 2.61. The van der Waals surface area contributed by atoms with Crippen LogP contribution in [0.4, 0.5) is 13.2 Å². The number of halogens is 3. The van der Waals surface area contributed by atoms with Crippen molar-refractivity contribution in [3.63, 3.8) is 0 Å². The Balaban J connectivity index is 2.77. The first-order valence-electron chi connectivity index (χ1n) is 6.10. The molecule has 0 aromatic heterocycles. The first kappa shape index (κ1) is 15.7. The second kappa shape index (κ2) is 5.77. The molecule has 0 radical (unpaired) electrons. The molecule has 2 amide bonds. The lowest BCUT2D eigenvalue weighted by Crippen LogP contribution is -2.56. The first-order chi connectivity index (χ1) is 8.74. The van der Waals surface area contributed by atoms with Gasteiger partial charge in [-0.25, -0.2) is 0 Å². The fraction of sp³-hybridized carbons (Fsp3) is 0.818. The normalized spacial score (nSPS) is 24.9. The summed E-state index contributed by atoms with van der Waals surface area (Å²) < 4.78 is 39.2. The molecule has 1 fully saturated rings. The van der Waals surface area contributed by atoms with Crippen molar-refractivity contribution in [2.45, 2.75) is 32.5 Å². The van der Waals surface area contributed by atoms with Gasteiger partial charge in [0, 0.05) is 13.1 Å². The highest BCUT2D eigenvalue weighted by atomic mass is 19.4. The molecule has 3 N–H and O–H groups in total. The van der Waals surface area contributed by atoms with Gasteiger partial charge in [-0.3, -0.25) is 9.59 Å². The van der Waals surface area contributed by atoms with Crippen molar-refractivity contribution in [2.75, 3.05) is 19.6 Å². The molecule has 5 nitrogen and oxygen atoms in total. The second-order valence-corrected chi connectivity index (χ2v) is 4.60. The van der Waals surface area contributed by atoms with Crippen molar-refractivity contribution in [3.05, 3.63) is 0 Å². The number of likely N-dealkylation sites (N-methyl/N-ethyl adjacent to an activating group) is 1. The van der Waals surface area contributed by atoms with Crippen LogP contribution in [0.5, 0.6) is 0 Å². The molecule has 19 heavy (non-hydrogen) atoms. The van der Waals surface area contributed by atoms with Crippen LogP contribution in [0, 0.1) is 5.41 Å². The van der Waals surface area contributed by atoms with Gasteiger partial charge in [-0.15, -0.1) is 0 Å². The quantitative estimate of drug-likeness (QED) is 0.688. The molecular weight excluding hydrogens is 263 g/mol. The summed E-state index contributed by atoms with van der Waals surface area (Å²) in [5.41, 5.74) is -2.44. The Kier molecular flexibility index (Phi) is 4.78. The van der Waals surface area contributed by atoms with Gasteiger partial charge in [0.1, 0.15) is 6.04 Å². The molecule has 0 saturated carbocycles. The largest absolute Gasteiger partial charge is 0.404 e. The molecule has 0 aromatic carbocycles. The average molecular weight is 281 g/mol. The van der Waals surface area contributed by atoms with Crippen LogP contribution in [0.1, 0.15) is 20.3 Å². The van der Waals surface area contributed by atoms with E-state index in [0.717, 1.165) is 0 Å². The highest BCUT2D eigenvalue weighted by molar-refractivity contribution is 5.90. The van der Waals surface area contributed by atoms with E-state index in [1.165, 1.54) is 6.92 Å². The minimum Gasteiger partial charge on any atom is -0.355 e. The molecule has 1 saturated heterocycles. The monoisotopic (exact) mass is 281 g/mol. The maximum absolute atomic E-state index is 13.1. The van der Waals surface area contributed by atoms with Crippen LogP contribution in [0.25, 0.3) is 0 Å². The second-order valence-electron chi connectivity index (χ2n) is 4.60. The van der Waals surface area contributed by atoms with Crippen LogP contribution in [-0.4, -0.2) is 43.7 Å². The van der Waals surface area contributed by atoms with Crippen LogP contribution in [0.2, 0.25) is 0 Å². The van der Waals surface area contributed by atoms with Crippen molar-refractivity contribution >= 4 is 11.8 Å². The molecule has 1 rings (SSSR count). The third-order valence-corrected chi connectivity index (χ3v) is 3.22. The van der Waals surface area contributed by atoms with E-state index in [9.17, 15) is 22.8 Å². The molecule has 0 spiro atoms. The molecule has 8 heteroatoms. The number of carbonyl (C=O) groups is 2. The van der Waals surface area contributed by atoms with E-state index >= 15 is 0 Å². The van der Waals surface area contributed by atoms with Gasteiger partial charge in [0.05, 0.1) is 0 Å². The van der Waals surface area contributed by atoms with E-state index < -0.39 is 36.0 Å². The molecular formula is C11H18F3N3O2. The highest BCUT2D eigenvalue weighted by Crippen LogP contribution is 2.43. The summed E-state index contributed by atoms with van der Waals surface area (Å²) in [6.45, 7) is 3.07. The van der Waals surface area contributed by atoms with Gasteiger partial charge in [0.2, 0.25) is 11.8 Å². The minimum absolute atomic E-state index is 0.127. The molecule has 2 unspecified atom stereocenters. The molecule has 110 valence electrons. The molecule has 0 aromatic rings. The number of hydrogen-bond acceptors (Lipinski definition) is 3. The van der Waals surface area contributed by atoms with Crippen LogP contribution < -0.4 is 16.0 Å². The molecule has 1 aliphatic rings. The third-order valence-electron chi connectivity index (χ3n) is 3.22. The van der Waals surface area contributed by atoms with Crippen molar-refractivity contribution in [1.29, 1.82) is 0 Å². The summed E-state index contributed by atoms with van der Waals surface area (Å²) in [5, 5.41) is 7.13. The minimum atomic E-state index is -4.64. The van der Waals surface area contributed by atoms with Gasteiger partial charge in [-0.05, 0) is 26.8 Å². The number of hydrogen-bond donors (Lipinski definition) is 3. The Morgan fingerprint density at radius 3 is 2.47 bits per heavy atom. The van der Waals surface area contributed by atoms with E-state index in [-0.39, 0.29) is 13.0 Å². The van der Waals surface area contributed by atoms with E-state index in [1.807, 2.05) is 0 Å². The lowest BCUT2D eigenvalue weighted by Gasteiger charge is -2.30. The molecule has 1 heterocycles. The van der Waals surface area contributed by atoms with E-state index in [0.29, 0.717) is 6.54 Å². The summed E-state index contributed by atoms with van der Waals surface area (Å²) in [6.07, 6.45) is -4.95. The summed E-state index contributed by atoms with van der Waals surface area (Å²) >= 11 is 0. The average Bonchev–Trinajstić information content (AvgIpc) is 2.78. The summed E-state index contributed by atoms with van der Waals surface area (Å²) in [6, 6.07) is -0.993. The number of nitrogens with one attached hydrogen (secondary N) is 3. The van der Waals surface area contributed by atoms with E-state index in [4.69, 9.17) is 0 Å². The fourth-order valence-electron chi connectivity index (χ4n) is 1.98. The van der Waals surface area contributed by atoms with Gasteiger partial charge < -0.3 is 16.0 Å². The summed E-state index contributed by atoms with van der Waals surface area (Å²) in [5.74, 6) is -1.65. The first-order valence-corrected chi connectivity index (χ1v) is 6.10. The van der Waals surface area contributed by atoms with Crippen LogP contribution in [-0.2, 0) is 9.59 Å². The molecule has 2 atom stereocenters. The lowest BCUT2D eigenvalue weighted by atomic mass is 9.85. The molecule has 1 aliphatic heterocycles. The van der Waals surface area contributed by atoms with Gasteiger partial charge in [-0.2, -0.15) is 13.2 Å². The third kappa shape index (κ3) is 3.17. The maximum Gasteiger partial charge on any atom is 0.404 e. The standard InChI is InChI=1S/C11H18F3N3O2/c1-3-16-8(18)7(2)17-9(19)10(11(12,13)14)4-5-15-6-10/h7,15H,3-6H2,1-2H3,(H,16,18)(H,17,19). The Morgan fingerprint density at radius 2 is 2.05 bits per heavy atom. The Hall–Kier alpha value is -1.31. The van der Waals surface area contributed by atoms with E-state index in [1.54, 1.807) is 6.92 Å². The van der Waals surface area contributed by atoms with Crippen molar-refractivity contribution in [3.8, 4) is 0 Å². The number of alkyl halides is 3. The number of rotatable bonds is 4. The lowest BCUT2D eigenvalue weighted by molar-refractivity contribution is -0.216. The topological polar surface area (TPSA) is 70.2 Å². The van der Waals surface area contributed by atoms with Crippen molar-refractivity contribution < 1.29 is 22.8 Å². The van der Waals surface area contributed by atoms with Crippen molar-refractivity contribution in [2.24, 2.45) is 5.41 Å². The number of carbonyl (C=O) groups excluding carboxylic acids is 2. The van der Waals surface area contributed by atoms with E-state index in [2.05, 4.69) is 16.0 Å². The van der Waals surface area contributed by atoms with Crippen LogP contribution in [0.3, 0.4) is 0 Å². The van der Waals surface area contributed by atoms with Gasteiger partial charge >= 0.3 is 6.18 Å². The molecule has 0 aliphatic carbocycles. The van der Waals surface area contributed by atoms with Gasteiger partial charge in [0.25, 0.3) is 0 Å². The predicted octanol–water partition coefficient (Wildman–Crippen LogP) is 0.169. The van der Waals surface area contributed by atoms with Crippen LogP contribution >= 0.6 is 0 Å². The Labute approximate surface area is 109 Å². The fourth-order valence-corrected chi connectivity index (χ4v) is 1.98. The summed E-state index contributed by atoms with van der Waals surface area (Å²) in [4.78, 5) is 23.3.